The molecule has 0 aliphatic heterocycles. The Bertz CT molecular complexity index is 991. The summed E-state index contributed by atoms with van der Waals surface area (Å²) in [6, 6.07) is 11.3. The normalized spacial score (nSPS) is 11.5. The molecule has 0 bridgehead atoms. The van der Waals surface area contributed by atoms with Crippen molar-refractivity contribution in [1.82, 2.24) is 4.57 Å². The topological polar surface area (TPSA) is 42.2 Å². The third-order valence-electron chi connectivity index (χ3n) is 4.67. The number of aliphatic carboxylic acids is 1. The lowest BCUT2D eigenvalue weighted by atomic mass is 10.0. The lowest BCUT2D eigenvalue weighted by Crippen LogP contribution is -2.09. The van der Waals surface area contributed by atoms with Crippen molar-refractivity contribution < 1.29 is 14.3 Å². The molecule has 3 rings (SSSR count). The first-order chi connectivity index (χ1) is 12.3. The molecular formula is C21H22FNO2S. The van der Waals surface area contributed by atoms with Gasteiger partial charge in [-0.3, -0.25) is 4.79 Å². The van der Waals surface area contributed by atoms with Gasteiger partial charge in [0.1, 0.15) is 12.4 Å². The summed E-state index contributed by atoms with van der Waals surface area (Å²) in [4.78, 5) is 13.4. The Morgan fingerprint density at radius 3 is 2.54 bits per heavy atom. The van der Waals surface area contributed by atoms with E-state index in [2.05, 4.69) is 26.0 Å². The van der Waals surface area contributed by atoms with Crippen LogP contribution in [-0.2, 0) is 11.3 Å². The molecule has 136 valence electrons. The van der Waals surface area contributed by atoms with Crippen LogP contribution in [0.1, 0.15) is 36.6 Å². The highest BCUT2D eigenvalue weighted by Crippen LogP contribution is 2.42. The van der Waals surface area contributed by atoms with Gasteiger partial charge in [0.05, 0.1) is 5.52 Å². The Kier molecular flexibility index (Phi) is 5.10. The van der Waals surface area contributed by atoms with E-state index in [0.717, 1.165) is 26.4 Å². The molecule has 0 aliphatic carbocycles. The van der Waals surface area contributed by atoms with E-state index in [9.17, 15) is 14.3 Å². The highest BCUT2D eigenvalue weighted by Gasteiger charge is 2.21. The minimum absolute atomic E-state index is 0.139. The predicted octanol–water partition coefficient (Wildman–Crippen LogP) is 5.76. The van der Waals surface area contributed by atoms with E-state index < -0.39 is 5.97 Å². The number of halogens is 1. The first-order valence-electron chi connectivity index (χ1n) is 8.57. The Labute approximate surface area is 156 Å². The number of fused-ring (bicyclic) bond motifs is 1. The molecule has 0 amide bonds. The molecule has 2 aromatic carbocycles. The molecule has 3 nitrogen and oxygen atoms in total. The SMILES string of the molecule is Cc1c(F)ccc2c1c(Sc1ccccc1C(C)C)c(C)n2CC(=O)O. The van der Waals surface area contributed by atoms with E-state index in [1.165, 1.54) is 11.6 Å². The molecule has 0 radical (unpaired) electrons. The van der Waals surface area contributed by atoms with E-state index >= 15 is 0 Å². The van der Waals surface area contributed by atoms with Crippen LogP contribution in [0.15, 0.2) is 46.2 Å². The smallest absolute Gasteiger partial charge is 0.323 e. The van der Waals surface area contributed by atoms with Gasteiger partial charge in [-0.1, -0.05) is 43.8 Å². The van der Waals surface area contributed by atoms with Gasteiger partial charge in [0.2, 0.25) is 0 Å². The Hall–Kier alpha value is -2.27. The molecule has 3 aromatic rings. The van der Waals surface area contributed by atoms with Crippen molar-refractivity contribution in [3.63, 3.8) is 0 Å². The summed E-state index contributed by atoms with van der Waals surface area (Å²) in [6.45, 7) is 7.80. The minimum atomic E-state index is -0.911. The molecule has 1 N–H and O–H groups in total. The third-order valence-corrected chi connectivity index (χ3v) is 5.97. The van der Waals surface area contributed by atoms with Gasteiger partial charge >= 0.3 is 5.97 Å². The second-order valence-electron chi connectivity index (χ2n) is 6.76. The number of aryl methyl sites for hydroxylation is 1. The molecule has 0 fully saturated rings. The minimum Gasteiger partial charge on any atom is -0.480 e. The fourth-order valence-electron chi connectivity index (χ4n) is 3.29. The molecule has 0 atom stereocenters. The largest absolute Gasteiger partial charge is 0.480 e. The fraction of sp³-hybridized carbons (Fsp3) is 0.286. The van der Waals surface area contributed by atoms with E-state index in [1.807, 2.05) is 19.1 Å². The zero-order valence-corrected chi connectivity index (χ0v) is 16.2. The Balaban J connectivity index is 2.24. The standard InChI is InChI=1S/C21H22FNO2S/c1-12(2)15-7-5-6-8-18(15)26-21-14(4)23(11-19(24)25)17-10-9-16(22)13(3)20(17)21/h5-10,12H,11H2,1-4H3,(H,24,25). The summed E-state index contributed by atoms with van der Waals surface area (Å²) in [5.41, 5.74) is 3.39. The number of carboxylic acids is 1. The monoisotopic (exact) mass is 371 g/mol. The zero-order valence-electron chi connectivity index (χ0n) is 15.3. The Morgan fingerprint density at radius 1 is 1.19 bits per heavy atom. The summed E-state index contributed by atoms with van der Waals surface area (Å²) in [7, 11) is 0. The molecule has 1 aromatic heterocycles. The summed E-state index contributed by atoms with van der Waals surface area (Å²) in [6.07, 6.45) is 0. The summed E-state index contributed by atoms with van der Waals surface area (Å²) in [5.74, 6) is -0.820. The molecule has 0 saturated carbocycles. The first kappa shape index (κ1) is 18.5. The number of hydrogen-bond donors (Lipinski definition) is 1. The number of benzene rings is 2. The van der Waals surface area contributed by atoms with Gasteiger partial charge in [-0.15, -0.1) is 0 Å². The molecule has 26 heavy (non-hydrogen) atoms. The van der Waals surface area contributed by atoms with Gasteiger partial charge in [-0.25, -0.2) is 4.39 Å². The average Bonchev–Trinajstić information content (AvgIpc) is 2.84. The van der Waals surface area contributed by atoms with Crippen LogP contribution in [0, 0.1) is 19.7 Å². The summed E-state index contributed by atoms with van der Waals surface area (Å²) < 4.78 is 16.0. The van der Waals surface area contributed by atoms with Gasteiger partial charge < -0.3 is 9.67 Å². The quantitative estimate of drug-likeness (QED) is 0.620. The molecule has 0 unspecified atom stereocenters. The number of rotatable bonds is 5. The van der Waals surface area contributed by atoms with Crippen molar-refractivity contribution in [2.24, 2.45) is 0 Å². The molecule has 5 heteroatoms. The van der Waals surface area contributed by atoms with Gasteiger partial charge in [0.25, 0.3) is 0 Å². The van der Waals surface area contributed by atoms with E-state index in [1.54, 1.807) is 29.3 Å². The maximum absolute atomic E-state index is 14.2. The Morgan fingerprint density at radius 2 is 1.88 bits per heavy atom. The number of carboxylic acid groups (broad SMARTS) is 1. The van der Waals surface area contributed by atoms with Crippen molar-refractivity contribution in [2.75, 3.05) is 0 Å². The zero-order chi connectivity index (χ0) is 19.0. The maximum atomic E-state index is 14.2. The van der Waals surface area contributed by atoms with E-state index in [4.69, 9.17) is 0 Å². The second kappa shape index (κ2) is 7.16. The van der Waals surface area contributed by atoms with Gasteiger partial charge in [-0.2, -0.15) is 0 Å². The molecule has 0 aliphatic rings. The van der Waals surface area contributed by atoms with Crippen LogP contribution < -0.4 is 0 Å². The maximum Gasteiger partial charge on any atom is 0.323 e. The van der Waals surface area contributed by atoms with Crippen LogP contribution in [0.2, 0.25) is 0 Å². The van der Waals surface area contributed by atoms with Crippen LogP contribution in [-0.4, -0.2) is 15.6 Å². The lowest BCUT2D eigenvalue weighted by Gasteiger charge is -2.13. The number of nitrogens with zero attached hydrogens (tertiary/aromatic N) is 1. The molecule has 0 spiro atoms. The first-order valence-corrected chi connectivity index (χ1v) is 9.39. The molecule has 0 saturated heterocycles. The highest BCUT2D eigenvalue weighted by atomic mass is 32.2. The summed E-state index contributed by atoms with van der Waals surface area (Å²) >= 11 is 1.59. The van der Waals surface area contributed by atoms with Crippen molar-refractivity contribution in [3.8, 4) is 0 Å². The van der Waals surface area contributed by atoms with Crippen molar-refractivity contribution >= 4 is 28.6 Å². The lowest BCUT2D eigenvalue weighted by molar-refractivity contribution is -0.137. The van der Waals surface area contributed by atoms with Gasteiger partial charge in [-0.05, 0) is 49.1 Å². The average molecular weight is 371 g/mol. The van der Waals surface area contributed by atoms with Crippen LogP contribution >= 0.6 is 11.8 Å². The van der Waals surface area contributed by atoms with E-state index in [-0.39, 0.29) is 12.4 Å². The van der Waals surface area contributed by atoms with Crippen LogP contribution in [0.5, 0.6) is 0 Å². The van der Waals surface area contributed by atoms with Gasteiger partial charge in [0, 0.05) is 20.9 Å². The van der Waals surface area contributed by atoms with Crippen LogP contribution in [0.4, 0.5) is 4.39 Å². The number of aromatic nitrogens is 1. The molecular weight excluding hydrogens is 349 g/mol. The molecule has 1 heterocycles. The van der Waals surface area contributed by atoms with Crippen molar-refractivity contribution in [1.29, 1.82) is 0 Å². The van der Waals surface area contributed by atoms with Crippen molar-refractivity contribution in [3.05, 3.63) is 59.0 Å². The summed E-state index contributed by atoms with van der Waals surface area (Å²) in [5, 5.41) is 10.1. The van der Waals surface area contributed by atoms with Crippen molar-refractivity contribution in [2.45, 2.75) is 49.9 Å². The number of hydrogen-bond acceptors (Lipinski definition) is 2. The fourth-order valence-corrected chi connectivity index (χ4v) is 4.70. The van der Waals surface area contributed by atoms with E-state index in [0.29, 0.717) is 11.5 Å². The van der Waals surface area contributed by atoms with Crippen LogP contribution in [0.3, 0.4) is 0 Å². The third kappa shape index (κ3) is 3.23. The highest BCUT2D eigenvalue weighted by molar-refractivity contribution is 7.99. The van der Waals surface area contributed by atoms with Crippen LogP contribution in [0.25, 0.3) is 10.9 Å². The number of carbonyl (C=O) groups is 1. The van der Waals surface area contributed by atoms with Gasteiger partial charge in [0.15, 0.2) is 0 Å². The second-order valence-corrected chi connectivity index (χ2v) is 7.81. The predicted molar refractivity (Wildman–Crippen MR) is 104 cm³/mol.